The number of nitrogens with zero attached hydrogens (tertiary/aromatic N) is 4. The molecule has 3 heterocycles. The minimum absolute atomic E-state index is 0.252. The van der Waals surface area contributed by atoms with Crippen LogP contribution in [0.15, 0.2) is 6.20 Å². The maximum Gasteiger partial charge on any atom is 0.241 e. The van der Waals surface area contributed by atoms with E-state index in [0.29, 0.717) is 17.5 Å². The van der Waals surface area contributed by atoms with Crippen LogP contribution in [0.4, 0.5) is 11.8 Å². The first kappa shape index (κ1) is 13.1. The molecule has 108 valence electrons. The van der Waals surface area contributed by atoms with Gasteiger partial charge in [0.2, 0.25) is 5.95 Å². The summed E-state index contributed by atoms with van der Waals surface area (Å²) in [7, 11) is 0. The number of fused-ring (bicyclic) bond motifs is 1. The van der Waals surface area contributed by atoms with Gasteiger partial charge in [0.1, 0.15) is 5.82 Å². The minimum Gasteiger partial charge on any atom is -0.393 e. The molecule has 1 aliphatic heterocycles. The predicted octanol–water partition coefficient (Wildman–Crippen LogP) is 0.236. The Bertz CT molecular complexity index is 589. The van der Waals surface area contributed by atoms with Gasteiger partial charge in [0.05, 0.1) is 17.7 Å². The lowest BCUT2D eigenvalue weighted by atomic mass is 9.92. The second-order valence-electron chi connectivity index (χ2n) is 5.21. The highest BCUT2D eigenvalue weighted by molar-refractivity contribution is 5.87. The van der Waals surface area contributed by atoms with Gasteiger partial charge in [-0.05, 0) is 25.7 Å². The van der Waals surface area contributed by atoms with Gasteiger partial charge in [-0.25, -0.2) is 5.84 Å². The first-order chi connectivity index (χ1) is 9.69. The number of nitrogen functional groups attached to an aromatic ring is 1. The number of piperidine rings is 1. The molecule has 0 bridgehead atoms. The monoisotopic (exact) mass is 277 g/mol. The van der Waals surface area contributed by atoms with E-state index >= 15 is 0 Å². The Hall–Kier alpha value is -1.93. The van der Waals surface area contributed by atoms with E-state index in [1.54, 1.807) is 6.20 Å². The molecule has 2 aromatic rings. The molecule has 0 aromatic carbocycles. The van der Waals surface area contributed by atoms with Crippen LogP contribution in [0, 0.1) is 5.92 Å². The van der Waals surface area contributed by atoms with E-state index < -0.39 is 0 Å². The maximum atomic E-state index is 9.67. The normalized spacial score (nSPS) is 18.4. The minimum atomic E-state index is -0.252. The van der Waals surface area contributed by atoms with Crippen molar-refractivity contribution >= 4 is 22.8 Å². The molecule has 1 saturated heterocycles. The molecular weight excluding hydrogens is 258 g/mol. The first-order valence-corrected chi connectivity index (χ1v) is 6.80. The van der Waals surface area contributed by atoms with Crippen molar-refractivity contribution in [1.29, 1.82) is 0 Å². The fourth-order valence-corrected chi connectivity index (χ4v) is 2.72. The van der Waals surface area contributed by atoms with Crippen molar-refractivity contribution in [1.82, 2.24) is 20.2 Å². The Morgan fingerprint density at radius 2 is 2.20 bits per heavy atom. The predicted molar refractivity (Wildman–Crippen MR) is 76.1 cm³/mol. The molecule has 0 spiro atoms. The second kappa shape index (κ2) is 5.22. The van der Waals surface area contributed by atoms with Gasteiger partial charge < -0.3 is 10.0 Å². The summed E-state index contributed by atoms with van der Waals surface area (Å²) in [4.78, 5) is 10.9. The lowest BCUT2D eigenvalue weighted by Crippen LogP contribution is -2.37. The van der Waals surface area contributed by atoms with Gasteiger partial charge >= 0.3 is 0 Å². The zero-order chi connectivity index (χ0) is 14.1. The zero-order valence-electron chi connectivity index (χ0n) is 11.4. The summed E-state index contributed by atoms with van der Waals surface area (Å²) in [6.07, 6.45) is 3.38. The van der Waals surface area contributed by atoms with Crippen LogP contribution in [0.1, 0.15) is 19.8 Å². The summed E-state index contributed by atoms with van der Waals surface area (Å²) >= 11 is 0. The zero-order valence-corrected chi connectivity index (χ0v) is 11.4. The van der Waals surface area contributed by atoms with E-state index in [9.17, 15) is 5.11 Å². The largest absolute Gasteiger partial charge is 0.393 e. The summed E-state index contributed by atoms with van der Waals surface area (Å²) < 4.78 is 0. The van der Waals surface area contributed by atoms with Crippen molar-refractivity contribution in [3.8, 4) is 0 Å². The van der Waals surface area contributed by atoms with Gasteiger partial charge in [-0.2, -0.15) is 15.1 Å². The van der Waals surface area contributed by atoms with Crippen LogP contribution in [0.5, 0.6) is 0 Å². The highest BCUT2D eigenvalue weighted by Gasteiger charge is 2.25. The number of aliphatic hydroxyl groups excluding tert-OH is 1. The fraction of sp³-hybridized carbons (Fsp3) is 0.583. The third kappa shape index (κ3) is 2.27. The van der Waals surface area contributed by atoms with Crippen LogP contribution >= 0.6 is 0 Å². The molecule has 8 heteroatoms. The maximum absolute atomic E-state index is 9.67. The number of aromatic nitrogens is 4. The Morgan fingerprint density at radius 1 is 1.45 bits per heavy atom. The Morgan fingerprint density at radius 3 is 2.85 bits per heavy atom. The summed E-state index contributed by atoms with van der Waals surface area (Å²) in [5.41, 5.74) is 3.15. The molecule has 2 aromatic heterocycles. The molecule has 1 unspecified atom stereocenters. The number of aromatic amines is 1. The van der Waals surface area contributed by atoms with Crippen molar-refractivity contribution in [2.24, 2.45) is 11.8 Å². The fourth-order valence-electron chi connectivity index (χ4n) is 2.72. The summed E-state index contributed by atoms with van der Waals surface area (Å²) in [6, 6.07) is 0. The van der Waals surface area contributed by atoms with Gasteiger partial charge in [-0.3, -0.25) is 10.5 Å². The molecule has 20 heavy (non-hydrogen) atoms. The van der Waals surface area contributed by atoms with Crippen molar-refractivity contribution in [3.63, 3.8) is 0 Å². The van der Waals surface area contributed by atoms with Gasteiger partial charge in [0, 0.05) is 13.1 Å². The van der Waals surface area contributed by atoms with E-state index in [1.165, 1.54) is 0 Å². The highest BCUT2D eigenvalue weighted by atomic mass is 16.3. The third-order valence-electron chi connectivity index (χ3n) is 3.94. The molecule has 5 N–H and O–H groups in total. The van der Waals surface area contributed by atoms with E-state index in [0.717, 1.165) is 37.1 Å². The number of rotatable bonds is 3. The molecule has 1 fully saturated rings. The van der Waals surface area contributed by atoms with Crippen molar-refractivity contribution in [3.05, 3.63) is 6.20 Å². The summed E-state index contributed by atoms with van der Waals surface area (Å²) in [5.74, 6) is 6.97. The molecule has 0 amide bonds. The van der Waals surface area contributed by atoms with Crippen LogP contribution in [-0.4, -0.2) is 44.5 Å². The molecule has 0 aliphatic carbocycles. The molecule has 8 nitrogen and oxygen atoms in total. The van der Waals surface area contributed by atoms with Gasteiger partial charge in [0.15, 0.2) is 5.65 Å². The van der Waals surface area contributed by atoms with Crippen LogP contribution in [0.2, 0.25) is 0 Å². The smallest absolute Gasteiger partial charge is 0.241 e. The van der Waals surface area contributed by atoms with E-state index in [1.807, 2.05) is 6.92 Å². The number of hydrogen-bond donors (Lipinski definition) is 4. The molecule has 0 saturated carbocycles. The molecule has 0 radical (unpaired) electrons. The standard InChI is InChI=1S/C12H19N7O/c1-7(20)8-2-4-19(5-3-8)11-9-6-14-18-10(9)15-12(16-11)17-13/h6-8,20H,2-5,13H2,1H3,(H2,14,15,16,17,18). The van der Waals surface area contributed by atoms with Gasteiger partial charge in [-0.15, -0.1) is 0 Å². The number of H-pyrrole nitrogens is 1. The molecule has 3 rings (SSSR count). The van der Waals surface area contributed by atoms with E-state index in [-0.39, 0.29) is 6.10 Å². The molecular formula is C12H19N7O. The molecule has 1 aliphatic rings. The third-order valence-corrected chi connectivity index (χ3v) is 3.94. The number of hydrazine groups is 1. The Balaban J connectivity index is 1.88. The Kier molecular flexibility index (Phi) is 3.41. The highest BCUT2D eigenvalue weighted by Crippen LogP contribution is 2.29. The SMILES string of the molecule is CC(O)C1CCN(c2nc(NN)nc3[nH]ncc23)CC1. The van der Waals surface area contributed by atoms with Crippen LogP contribution in [0.25, 0.3) is 11.0 Å². The number of aliphatic hydroxyl groups is 1. The van der Waals surface area contributed by atoms with Crippen molar-refractivity contribution in [2.45, 2.75) is 25.9 Å². The topological polar surface area (TPSA) is 116 Å². The summed E-state index contributed by atoms with van der Waals surface area (Å²) in [5, 5.41) is 17.4. The number of anilines is 2. The second-order valence-corrected chi connectivity index (χ2v) is 5.21. The number of hydrogen-bond acceptors (Lipinski definition) is 7. The lowest BCUT2D eigenvalue weighted by molar-refractivity contribution is 0.110. The van der Waals surface area contributed by atoms with Gasteiger partial charge in [0.25, 0.3) is 0 Å². The van der Waals surface area contributed by atoms with Crippen LogP contribution < -0.4 is 16.2 Å². The average Bonchev–Trinajstić information content (AvgIpc) is 2.94. The van der Waals surface area contributed by atoms with Crippen LogP contribution in [0.3, 0.4) is 0 Å². The van der Waals surface area contributed by atoms with Gasteiger partial charge in [-0.1, -0.05) is 0 Å². The van der Waals surface area contributed by atoms with Crippen molar-refractivity contribution in [2.75, 3.05) is 23.4 Å². The first-order valence-electron chi connectivity index (χ1n) is 6.80. The number of nitrogens with two attached hydrogens (primary N) is 1. The number of nitrogens with one attached hydrogen (secondary N) is 2. The average molecular weight is 277 g/mol. The quantitative estimate of drug-likeness (QED) is 0.469. The van der Waals surface area contributed by atoms with Crippen LogP contribution in [-0.2, 0) is 0 Å². The van der Waals surface area contributed by atoms with Crippen molar-refractivity contribution < 1.29 is 5.11 Å². The lowest BCUT2D eigenvalue weighted by Gasteiger charge is -2.34. The molecule has 1 atom stereocenters. The van der Waals surface area contributed by atoms with E-state index in [4.69, 9.17) is 5.84 Å². The summed E-state index contributed by atoms with van der Waals surface area (Å²) in [6.45, 7) is 3.57. The van der Waals surface area contributed by atoms with E-state index in [2.05, 4.69) is 30.5 Å². The Labute approximate surface area is 116 Å².